The largest absolute Gasteiger partial charge is 0.374 e. The number of hydrogen-bond donors (Lipinski definition) is 1. The summed E-state index contributed by atoms with van der Waals surface area (Å²) in [6, 6.07) is 5.81. The van der Waals surface area contributed by atoms with E-state index in [0.717, 1.165) is 16.5 Å². The summed E-state index contributed by atoms with van der Waals surface area (Å²) in [5.74, 6) is 0.442. The molecule has 2 heterocycles. The van der Waals surface area contributed by atoms with Crippen LogP contribution < -0.4 is 5.73 Å². The Morgan fingerprint density at radius 2 is 2.29 bits per heavy atom. The summed E-state index contributed by atoms with van der Waals surface area (Å²) >= 11 is 2.67. The summed E-state index contributed by atoms with van der Waals surface area (Å²) in [5, 5.41) is 8.04. The molecule has 0 bridgehead atoms. The lowest BCUT2D eigenvalue weighted by Gasteiger charge is -2.20. The zero-order valence-corrected chi connectivity index (χ0v) is 13.4. The van der Waals surface area contributed by atoms with Crippen molar-refractivity contribution in [2.24, 2.45) is 0 Å². The fourth-order valence-corrected chi connectivity index (χ4v) is 3.29. The van der Waals surface area contributed by atoms with E-state index in [2.05, 4.69) is 15.2 Å². The van der Waals surface area contributed by atoms with Gasteiger partial charge in [-0.3, -0.25) is 9.78 Å². The zero-order chi connectivity index (χ0) is 15.1. The Kier molecular flexibility index (Phi) is 5.94. The van der Waals surface area contributed by atoms with E-state index in [-0.39, 0.29) is 5.91 Å². The number of rotatable bonds is 7. The molecule has 2 aromatic rings. The molecule has 8 heteroatoms. The summed E-state index contributed by atoms with van der Waals surface area (Å²) in [4.78, 5) is 18.3. The maximum absolute atomic E-state index is 12.2. The number of anilines is 1. The predicted molar refractivity (Wildman–Crippen MR) is 85.2 cm³/mol. The van der Waals surface area contributed by atoms with Crippen molar-refractivity contribution in [2.75, 3.05) is 24.6 Å². The van der Waals surface area contributed by atoms with E-state index in [1.807, 2.05) is 30.0 Å². The quantitative estimate of drug-likeness (QED) is 0.781. The minimum absolute atomic E-state index is 0.0900. The first-order chi connectivity index (χ1) is 10.2. The minimum Gasteiger partial charge on any atom is -0.374 e. The van der Waals surface area contributed by atoms with E-state index in [9.17, 15) is 4.79 Å². The number of hydrogen-bond acceptors (Lipinski definition) is 7. The first-order valence-electron chi connectivity index (χ1n) is 6.58. The number of likely N-dealkylation sites (N-methyl/N-ethyl adjacent to an activating group) is 1. The molecule has 0 aromatic carbocycles. The molecule has 6 nitrogen and oxygen atoms in total. The Balaban J connectivity index is 1.81. The third kappa shape index (κ3) is 4.98. The summed E-state index contributed by atoms with van der Waals surface area (Å²) in [6.45, 7) is 3.33. The van der Waals surface area contributed by atoms with Crippen LogP contribution >= 0.6 is 23.1 Å². The molecule has 0 radical (unpaired) electrons. The number of nitrogens with zero attached hydrogens (tertiary/aromatic N) is 4. The van der Waals surface area contributed by atoms with Gasteiger partial charge in [-0.1, -0.05) is 29.2 Å². The number of pyridine rings is 1. The molecule has 0 saturated heterocycles. The van der Waals surface area contributed by atoms with Crippen LogP contribution in [0.5, 0.6) is 0 Å². The second kappa shape index (κ2) is 7.94. The van der Waals surface area contributed by atoms with E-state index in [1.54, 1.807) is 6.20 Å². The van der Waals surface area contributed by atoms with Crippen molar-refractivity contribution in [3.05, 3.63) is 30.1 Å². The summed E-state index contributed by atoms with van der Waals surface area (Å²) in [5.41, 5.74) is 6.51. The van der Waals surface area contributed by atoms with Gasteiger partial charge in [0.05, 0.1) is 5.75 Å². The average Bonchev–Trinajstić information content (AvgIpc) is 2.92. The van der Waals surface area contributed by atoms with Crippen LogP contribution in [0, 0.1) is 0 Å². The monoisotopic (exact) mass is 323 g/mol. The summed E-state index contributed by atoms with van der Waals surface area (Å²) < 4.78 is 0.724. The molecule has 2 aromatic heterocycles. The molecule has 0 aliphatic heterocycles. The molecular formula is C13H17N5OS2. The Labute approximate surface area is 131 Å². The second-order valence-electron chi connectivity index (χ2n) is 4.24. The molecule has 0 unspecified atom stereocenters. The highest BCUT2D eigenvalue weighted by atomic mass is 32.2. The molecule has 0 aliphatic carbocycles. The van der Waals surface area contributed by atoms with E-state index in [1.165, 1.54) is 23.1 Å². The van der Waals surface area contributed by atoms with Crippen LogP contribution in [0.3, 0.4) is 0 Å². The summed E-state index contributed by atoms with van der Waals surface area (Å²) in [7, 11) is 0. The number of thioether (sulfide) groups is 1. The Hall–Kier alpha value is -1.67. The van der Waals surface area contributed by atoms with Gasteiger partial charge in [0, 0.05) is 31.4 Å². The van der Waals surface area contributed by atoms with Crippen LogP contribution in [-0.4, -0.2) is 44.8 Å². The molecule has 21 heavy (non-hydrogen) atoms. The predicted octanol–water partition coefficient (Wildman–Crippen LogP) is 1.70. The van der Waals surface area contributed by atoms with Gasteiger partial charge in [0.2, 0.25) is 11.0 Å². The van der Waals surface area contributed by atoms with E-state index in [4.69, 9.17) is 5.73 Å². The smallest absolute Gasteiger partial charge is 0.233 e. The highest BCUT2D eigenvalue weighted by molar-refractivity contribution is 8.01. The van der Waals surface area contributed by atoms with Crippen molar-refractivity contribution in [1.82, 2.24) is 20.1 Å². The van der Waals surface area contributed by atoms with Gasteiger partial charge in [0.1, 0.15) is 0 Å². The molecule has 0 saturated carbocycles. The second-order valence-corrected chi connectivity index (χ2v) is 6.47. The molecule has 0 fully saturated rings. The van der Waals surface area contributed by atoms with E-state index < -0.39 is 0 Å². The SMILES string of the molecule is CCN(CCc1ccccn1)C(=O)CSc1nnc(N)s1. The lowest BCUT2D eigenvalue weighted by Crippen LogP contribution is -2.34. The fraction of sp³-hybridized carbons (Fsp3) is 0.385. The van der Waals surface area contributed by atoms with Crippen LogP contribution in [0.15, 0.2) is 28.7 Å². The number of nitrogens with two attached hydrogens (primary N) is 1. The van der Waals surface area contributed by atoms with Gasteiger partial charge in [-0.2, -0.15) is 0 Å². The van der Waals surface area contributed by atoms with Crippen LogP contribution in [-0.2, 0) is 11.2 Å². The number of carbonyl (C=O) groups excluding carboxylic acids is 1. The van der Waals surface area contributed by atoms with Crippen LogP contribution in [0.4, 0.5) is 5.13 Å². The molecule has 0 atom stereocenters. The lowest BCUT2D eigenvalue weighted by molar-refractivity contribution is -0.128. The van der Waals surface area contributed by atoms with Crippen molar-refractivity contribution in [3.63, 3.8) is 0 Å². The summed E-state index contributed by atoms with van der Waals surface area (Å²) in [6.07, 6.45) is 2.53. The van der Waals surface area contributed by atoms with Crippen molar-refractivity contribution in [2.45, 2.75) is 17.7 Å². The minimum atomic E-state index is 0.0900. The number of aromatic nitrogens is 3. The Morgan fingerprint density at radius 1 is 1.43 bits per heavy atom. The van der Waals surface area contributed by atoms with Crippen molar-refractivity contribution in [1.29, 1.82) is 0 Å². The Bertz CT molecular complexity index is 575. The average molecular weight is 323 g/mol. The zero-order valence-electron chi connectivity index (χ0n) is 11.7. The number of carbonyl (C=O) groups is 1. The first-order valence-corrected chi connectivity index (χ1v) is 8.38. The van der Waals surface area contributed by atoms with Gasteiger partial charge in [-0.15, -0.1) is 10.2 Å². The normalized spacial score (nSPS) is 10.5. The van der Waals surface area contributed by atoms with E-state index >= 15 is 0 Å². The number of amides is 1. The molecule has 2 rings (SSSR count). The molecule has 1 amide bonds. The van der Waals surface area contributed by atoms with Crippen molar-refractivity contribution < 1.29 is 4.79 Å². The fourth-order valence-electron chi connectivity index (χ4n) is 1.75. The van der Waals surface area contributed by atoms with Gasteiger partial charge in [0.15, 0.2) is 4.34 Å². The number of nitrogen functional groups attached to an aromatic ring is 1. The molecular weight excluding hydrogens is 306 g/mol. The highest BCUT2D eigenvalue weighted by Gasteiger charge is 2.13. The molecule has 0 aliphatic rings. The van der Waals surface area contributed by atoms with Crippen LogP contribution in [0.1, 0.15) is 12.6 Å². The maximum atomic E-state index is 12.2. The molecule has 112 valence electrons. The van der Waals surface area contributed by atoms with Crippen LogP contribution in [0.25, 0.3) is 0 Å². The van der Waals surface area contributed by atoms with Crippen molar-refractivity contribution in [3.8, 4) is 0 Å². The third-order valence-electron chi connectivity index (χ3n) is 2.84. The first kappa shape index (κ1) is 15.7. The van der Waals surface area contributed by atoms with Crippen molar-refractivity contribution >= 4 is 34.1 Å². The molecule has 2 N–H and O–H groups in total. The van der Waals surface area contributed by atoms with E-state index in [0.29, 0.717) is 24.0 Å². The van der Waals surface area contributed by atoms with Gasteiger partial charge >= 0.3 is 0 Å². The van der Waals surface area contributed by atoms with Gasteiger partial charge in [0.25, 0.3) is 0 Å². The van der Waals surface area contributed by atoms with Gasteiger partial charge in [-0.25, -0.2) is 0 Å². The highest BCUT2D eigenvalue weighted by Crippen LogP contribution is 2.23. The topological polar surface area (TPSA) is 85.0 Å². The Morgan fingerprint density at radius 3 is 2.90 bits per heavy atom. The molecule has 0 spiro atoms. The van der Waals surface area contributed by atoms with Gasteiger partial charge < -0.3 is 10.6 Å². The lowest BCUT2D eigenvalue weighted by atomic mass is 10.2. The third-order valence-corrected chi connectivity index (χ3v) is 4.71. The standard InChI is InChI=1S/C13H17N5OS2/c1-2-18(8-6-10-5-3-4-7-15-10)11(19)9-20-13-17-16-12(14)21-13/h3-5,7H,2,6,8-9H2,1H3,(H2,14,16). The van der Waals surface area contributed by atoms with Crippen LogP contribution in [0.2, 0.25) is 0 Å². The van der Waals surface area contributed by atoms with Gasteiger partial charge in [-0.05, 0) is 19.1 Å². The maximum Gasteiger partial charge on any atom is 0.233 e.